The summed E-state index contributed by atoms with van der Waals surface area (Å²) in [6, 6.07) is 31.3. The van der Waals surface area contributed by atoms with E-state index in [0.29, 0.717) is 17.9 Å². The van der Waals surface area contributed by atoms with Crippen LogP contribution in [-0.2, 0) is 11.4 Å². The molecule has 1 amide bonds. The fraction of sp³-hybridized carbons (Fsp3) is 0.103. The number of nitrogens with zero attached hydrogens (tertiary/aromatic N) is 1. The fourth-order valence-electron chi connectivity index (χ4n) is 3.74. The zero-order chi connectivity index (χ0) is 23.9. The molecule has 1 N–H and O–H groups in total. The molecule has 34 heavy (non-hydrogen) atoms. The van der Waals surface area contributed by atoms with Crippen LogP contribution in [0.5, 0.6) is 5.75 Å². The largest absolute Gasteiger partial charge is 0.488 e. The van der Waals surface area contributed by atoms with Crippen LogP contribution in [0.25, 0.3) is 16.8 Å². The van der Waals surface area contributed by atoms with Crippen molar-refractivity contribution in [1.82, 2.24) is 5.32 Å². The molecule has 0 bridgehead atoms. The van der Waals surface area contributed by atoms with Crippen molar-refractivity contribution in [3.63, 3.8) is 0 Å². The number of nitriles is 1. The predicted octanol–water partition coefficient (Wildman–Crippen LogP) is 6.97. The van der Waals surface area contributed by atoms with Gasteiger partial charge < -0.3 is 10.1 Å². The highest BCUT2D eigenvalue weighted by Gasteiger charge is 2.15. The summed E-state index contributed by atoms with van der Waals surface area (Å²) in [7, 11) is 0. The molecule has 4 rings (SSSR count). The second-order valence-electron chi connectivity index (χ2n) is 7.88. The van der Waals surface area contributed by atoms with E-state index in [-0.39, 0.29) is 11.6 Å². The predicted molar refractivity (Wildman–Crippen MR) is 139 cm³/mol. The van der Waals surface area contributed by atoms with Crippen LogP contribution in [0.3, 0.4) is 0 Å². The van der Waals surface area contributed by atoms with Gasteiger partial charge in [-0.25, -0.2) is 0 Å². The average molecular weight is 511 g/mol. The average Bonchev–Trinajstić information content (AvgIpc) is 2.87. The van der Waals surface area contributed by atoms with Crippen LogP contribution in [0.4, 0.5) is 0 Å². The molecule has 0 saturated carbocycles. The molecule has 0 aromatic heterocycles. The molecule has 0 aliphatic carbocycles. The zero-order valence-electron chi connectivity index (χ0n) is 18.7. The third kappa shape index (κ3) is 5.54. The third-order valence-electron chi connectivity index (χ3n) is 5.55. The highest BCUT2D eigenvalue weighted by molar-refractivity contribution is 9.10. The number of carbonyl (C=O) groups excluding carboxylic acids is 1. The first-order chi connectivity index (χ1) is 16.5. The molecule has 0 aliphatic rings. The second kappa shape index (κ2) is 10.8. The Morgan fingerprint density at radius 3 is 2.56 bits per heavy atom. The van der Waals surface area contributed by atoms with Crippen molar-refractivity contribution in [2.75, 3.05) is 0 Å². The lowest BCUT2D eigenvalue weighted by molar-refractivity contribution is -0.117. The van der Waals surface area contributed by atoms with Gasteiger partial charge in [-0.1, -0.05) is 88.7 Å². The summed E-state index contributed by atoms with van der Waals surface area (Å²) >= 11 is 3.48. The van der Waals surface area contributed by atoms with Gasteiger partial charge in [0, 0.05) is 10.0 Å². The van der Waals surface area contributed by atoms with E-state index in [2.05, 4.69) is 39.4 Å². The summed E-state index contributed by atoms with van der Waals surface area (Å²) in [4.78, 5) is 12.8. The molecule has 0 unspecified atom stereocenters. The number of halogens is 1. The first-order valence-corrected chi connectivity index (χ1v) is 11.7. The second-order valence-corrected chi connectivity index (χ2v) is 8.80. The van der Waals surface area contributed by atoms with Crippen molar-refractivity contribution >= 4 is 38.7 Å². The van der Waals surface area contributed by atoms with Gasteiger partial charge in [0.1, 0.15) is 24.0 Å². The lowest BCUT2D eigenvalue weighted by Gasteiger charge is -2.14. The molecule has 0 spiro atoms. The van der Waals surface area contributed by atoms with Crippen molar-refractivity contribution in [3.8, 4) is 11.8 Å². The molecule has 4 nitrogen and oxygen atoms in total. The van der Waals surface area contributed by atoms with E-state index in [9.17, 15) is 10.1 Å². The van der Waals surface area contributed by atoms with Gasteiger partial charge in [0.15, 0.2) is 0 Å². The van der Waals surface area contributed by atoms with Crippen LogP contribution in [0.1, 0.15) is 29.7 Å². The molecule has 0 fully saturated rings. The molecule has 0 radical (unpaired) electrons. The van der Waals surface area contributed by atoms with Crippen LogP contribution in [0.15, 0.2) is 101 Å². The Morgan fingerprint density at radius 2 is 1.76 bits per heavy atom. The number of carbonyl (C=O) groups is 1. The Bertz CT molecular complexity index is 1390. The van der Waals surface area contributed by atoms with Crippen molar-refractivity contribution in [3.05, 3.63) is 118 Å². The molecular formula is C29H23BrN2O2. The van der Waals surface area contributed by atoms with Gasteiger partial charge in [0.05, 0.1) is 6.04 Å². The lowest BCUT2D eigenvalue weighted by atomic mass is 10.1. The minimum Gasteiger partial charge on any atom is -0.488 e. The third-order valence-corrected chi connectivity index (χ3v) is 6.04. The summed E-state index contributed by atoms with van der Waals surface area (Å²) < 4.78 is 6.98. The van der Waals surface area contributed by atoms with Crippen LogP contribution in [-0.4, -0.2) is 5.91 Å². The van der Waals surface area contributed by atoms with Crippen LogP contribution in [0.2, 0.25) is 0 Å². The summed E-state index contributed by atoms with van der Waals surface area (Å²) in [6.45, 7) is 2.25. The summed E-state index contributed by atoms with van der Waals surface area (Å²) in [5.41, 5.74) is 2.69. The molecule has 0 saturated heterocycles. The van der Waals surface area contributed by atoms with Gasteiger partial charge in [-0.3, -0.25) is 4.79 Å². The normalized spacial score (nSPS) is 12.1. The van der Waals surface area contributed by atoms with Gasteiger partial charge in [0.25, 0.3) is 5.91 Å². The minimum atomic E-state index is -0.432. The number of rotatable bonds is 7. The van der Waals surface area contributed by atoms with E-state index in [4.69, 9.17) is 4.74 Å². The maximum absolute atomic E-state index is 12.8. The topological polar surface area (TPSA) is 62.1 Å². The van der Waals surface area contributed by atoms with Gasteiger partial charge >= 0.3 is 0 Å². The lowest BCUT2D eigenvalue weighted by Crippen LogP contribution is -2.27. The number of ether oxygens (including phenoxy) is 1. The number of hydrogen-bond donors (Lipinski definition) is 1. The van der Waals surface area contributed by atoms with E-state index < -0.39 is 5.91 Å². The highest BCUT2D eigenvalue weighted by Crippen LogP contribution is 2.28. The van der Waals surface area contributed by atoms with Crippen LogP contribution in [0, 0.1) is 11.3 Å². The fourth-order valence-corrected chi connectivity index (χ4v) is 4.12. The number of fused-ring (bicyclic) bond motifs is 1. The summed E-state index contributed by atoms with van der Waals surface area (Å²) in [6.07, 6.45) is 1.57. The number of amides is 1. The van der Waals surface area contributed by atoms with Gasteiger partial charge in [-0.15, -0.1) is 0 Å². The minimum absolute atomic E-state index is 0.0101. The summed E-state index contributed by atoms with van der Waals surface area (Å²) in [5.74, 6) is 0.159. The molecule has 5 heteroatoms. The molecule has 4 aromatic rings. The smallest absolute Gasteiger partial charge is 0.262 e. The first-order valence-electron chi connectivity index (χ1n) is 10.9. The summed E-state index contributed by atoms with van der Waals surface area (Å²) in [5, 5.41) is 14.9. The van der Waals surface area contributed by atoms with Crippen molar-refractivity contribution in [2.45, 2.75) is 19.6 Å². The van der Waals surface area contributed by atoms with E-state index in [0.717, 1.165) is 26.4 Å². The van der Waals surface area contributed by atoms with Crippen LogP contribution >= 0.6 is 15.9 Å². The molecular weight excluding hydrogens is 488 g/mol. The van der Waals surface area contributed by atoms with Gasteiger partial charge in [-0.05, 0) is 53.1 Å². The maximum Gasteiger partial charge on any atom is 0.262 e. The van der Waals surface area contributed by atoms with Crippen LogP contribution < -0.4 is 10.1 Å². The Hall–Kier alpha value is -3.88. The molecule has 168 valence electrons. The monoisotopic (exact) mass is 510 g/mol. The van der Waals surface area contributed by atoms with Gasteiger partial charge in [0.2, 0.25) is 0 Å². The molecule has 0 heterocycles. The molecule has 1 atom stereocenters. The Kier molecular flexibility index (Phi) is 7.41. The van der Waals surface area contributed by atoms with E-state index in [1.807, 2.05) is 85.8 Å². The Morgan fingerprint density at radius 1 is 1.03 bits per heavy atom. The molecule has 0 aliphatic heterocycles. The van der Waals surface area contributed by atoms with Crippen molar-refractivity contribution in [1.29, 1.82) is 5.26 Å². The van der Waals surface area contributed by atoms with Gasteiger partial charge in [-0.2, -0.15) is 5.26 Å². The maximum atomic E-state index is 12.8. The number of nitrogens with one attached hydrogen (secondary N) is 1. The number of hydrogen-bond acceptors (Lipinski definition) is 3. The van der Waals surface area contributed by atoms with Crippen molar-refractivity contribution < 1.29 is 9.53 Å². The van der Waals surface area contributed by atoms with Crippen molar-refractivity contribution in [2.24, 2.45) is 0 Å². The van der Waals surface area contributed by atoms with E-state index in [1.54, 1.807) is 6.08 Å². The quantitative estimate of drug-likeness (QED) is 0.215. The Labute approximate surface area is 207 Å². The molecule has 4 aromatic carbocycles. The van der Waals surface area contributed by atoms with E-state index in [1.165, 1.54) is 0 Å². The number of benzene rings is 4. The SMILES string of the molecule is C[C@H](NC(=O)/C(C#N)=C\c1cc(Br)ccc1OCc1cccc2ccccc12)c1ccccc1. The Balaban J connectivity index is 1.56. The zero-order valence-corrected chi connectivity index (χ0v) is 20.2. The van der Waals surface area contributed by atoms with E-state index >= 15 is 0 Å². The highest BCUT2D eigenvalue weighted by atomic mass is 79.9. The standard InChI is InChI=1S/C29H23BrN2O2/c1-20(21-8-3-2-4-9-21)32-29(33)25(18-31)16-24-17-26(30)14-15-28(24)34-19-23-12-7-11-22-10-5-6-13-27(22)23/h2-17,20H,19H2,1H3,(H,32,33)/b25-16-/t20-/m0/s1. The first kappa shape index (κ1) is 23.3.